The Bertz CT molecular complexity index is 659. The van der Waals surface area contributed by atoms with Crippen molar-refractivity contribution in [2.45, 2.75) is 33.2 Å². The summed E-state index contributed by atoms with van der Waals surface area (Å²) in [5, 5.41) is 2.54. The number of nitrogens with one attached hydrogen (secondary N) is 1. The van der Waals surface area contributed by atoms with E-state index in [1.54, 1.807) is 6.07 Å². The number of ether oxygens (including phenoxy) is 4. The number of methoxy groups -OCH3 is 2. The maximum absolute atomic E-state index is 12.2. The second kappa shape index (κ2) is 11.1. The topological polar surface area (TPSA) is 100 Å². The van der Waals surface area contributed by atoms with Crippen molar-refractivity contribution in [2.75, 3.05) is 27.4 Å². The highest BCUT2D eigenvalue weighted by molar-refractivity contribution is 5.92. The summed E-state index contributed by atoms with van der Waals surface area (Å²) in [7, 11) is 2.71. The monoisotopic (exact) mass is 381 g/mol. The first-order valence-electron chi connectivity index (χ1n) is 8.72. The zero-order chi connectivity index (χ0) is 20.4. The molecule has 0 aliphatic rings. The van der Waals surface area contributed by atoms with E-state index >= 15 is 0 Å². The van der Waals surface area contributed by atoms with Crippen molar-refractivity contribution in [3.63, 3.8) is 0 Å². The van der Waals surface area contributed by atoms with Gasteiger partial charge >= 0.3 is 11.9 Å². The van der Waals surface area contributed by atoms with Gasteiger partial charge in [-0.15, -0.1) is 0 Å². The van der Waals surface area contributed by atoms with E-state index in [9.17, 15) is 14.4 Å². The Morgan fingerprint density at radius 3 is 2.37 bits per heavy atom. The molecule has 0 saturated carbocycles. The minimum absolute atomic E-state index is 0.118. The first kappa shape index (κ1) is 22.3. The average Bonchev–Trinajstić information content (AvgIpc) is 2.69. The van der Waals surface area contributed by atoms with E-state index in [1.165, 1.54) is 26.4 Å². The van der Waals surface area contributed by atoms with Gasteiger partial charge in [0.05, 0.1) is 26.4 Å². The maximum Gasteiger partial charge on any atom is 0.338 e. The lowest BCUT2D eigenvalue weighted by atomic mass is 9.99. The van der Waals surface area contributed by atoms with Crippen LogP contribution in [0.25, 0.3) is 0 Å². The van der Waals surface area contributed by atoms with Crippen molar-refractivity contribution < 1.29 is 33.3 Å². The molecule has 1 rings (SSSR count). The van der Waals surface area contributed by atoms with Gasteiger partial charge in [-0.25, -0.2) is 9.59 Å². The fraction of sp³-hybridized carbons (Fsp3) is 0.526. The van der Waals surface area contributed by atoms with E-state index in [2.05, 4.69) is 5.32 Å². The van der Waals surface area contributed by atoms with Gasteiger partial charge in [0.2, 0.25) is 0 Å². The summed E-state index contributed by atoms with van der Waals surface area (Å²) in [4.78, 5) is 36.0. The van der Waals surface area contributed by atoms with E-state index in [0.29, 0.717) is 24.5 Å². The fourth-order valence-electron chi connectivity index (χ4n) is 2.30. The molecule has 27 heavy (non-hydrogen) atoms. The van der Waals surface area contributed by atoms with Gasteiger partial charge in [-0.05, 0) is 31.0 Å². The van der Waals surface area contributed by atoms with Crippen LogP contribution in [-0.4, -0.2) is 51.3 Å². The minimum Gasteiger partial charge on any atom is -0.493 e. The highest BCUT2D eigenvalue weighted by atomic mass is 16.5. The maximum atomic E-state index is 12.2. The van der Waals surface area contributed by atoms with Crippen LogP contribution in [-0.2, 0) is 19.1 Å². The molecule has 0 spiro atoms. The molecule has 0 aromatic heterocycles. The lowest BCUT2D eigenvalue weighted by molar-refractivity contribution is -0.147. The predicted octanol–water partition coefficient (Wildman–Crippen LogP) is 1.95. The molecular weight excluding hydrogens is 354 g/mol. The van der Waals surface area contributed by atoms with E-state index in [-0.39, 0.29) is 11.5 Å². The van der Waals surface area contributed by atoms with Gasteiger partial charge in [0.25, 0.3) is 5.91 Å². The highest BCUT2D eigenvalue weighted by Crippen LogP contribution is 2.28. The molecule has 0 unspecified atom stereocenters. The van der Waals surface area contributed by atoms with Crippen molar-refractivity contribution in [1.29, 1.82) is 0 Å². The minimum atomic E-state index is -0.795. The lowest BCUT2D eigenvalue weighted by Crippen LogP contribution is -2.47. The predicted molar refractivity (Wildman–Crippen MR) is 97.8 cm³/mol. The summed E-state index contributed by atoms with van der Waals surface area (Å²) in [5.74, 6) is -1.05. The molecule has 0 aliphatic heterocycles. The van der Waals surface area contributed by atoms with Gasteiger partial charge in [-0.3, -0.25) is 4.79 Å². The molecule has 1 amide bonds. The summed E-state index contributed by atoms with van der Waals surface area (Å²) >= 11 is 0. The molecule has 8 nitrogen and oxygen atoms in total. The number of rotatable bonds is 10. The SMILES string of the molecule is CCOc1ccc(C(=O)OCC(=O)N[C@@H](C(=O)OC)[C@H](C)CC)cc1OC. The second-order valence-corrected chi connectivity index (χ2v) is 5.83. The van der Waals surface area contributed by atoms with Crippen LogP contribution in [0.15, 0.2) is 18.2 Å². The van der Waals surface area contributed by atoms with E-state index in [4.69, 9.17) is 18.9 Å². The number of amides is 1. The van der Waals surface area contributed by atoms with Crippen LogP contribution in [0.5, 0.6) is 11.5 Å². The molecule has 0 aliphatic carbocycles. The van der Waals surface area contributed by atoms with Crippen LogP contribution >= 0.6 is 0 Å². The normalized spacial score (nSPS) is 12.5. The summed E-state index contributed by atoms with van der Waals surface area (Å²) in [6.07, 6.45) is 0.672. The highest BCUT2D eigenvalue weighted by Gasteiger charge is 2.27. The van der Waals surface area contributed by atoms with Gasteiger partial charge in [-0.1, -0.05) is 20.3 Å². The van der Waals surface area contributed by atoms with E-state index in [1.807, 2.05) is 20.8 Å². The number of esters is 2. The van der Waals surface area contributed by atoms with Crippen LogP contribution < -0.4 is 14.8 Å². The molecular formula is C19H27NO7. The van der Waals surface area contributed by atoms with Gasteiger partial charge in [0, 0.05) is 0 Å². The Labute approximate surface area is 159 Å². The molecule has 0 heterocycles. The standard InChI is InChI=1S/C19H27NO7/c1-6-12(3)17(19(23)25-5)20-16(21)11-27-18(22)13-8-9-14(26-7-2)15(10-13)24-4/h8-10,12,17H,6-7,11H2,1-5H3,(H,20,21)/t12-,17-/m1/s1. The van der Waals surface area contributed by atoms with Crippen molar-refractivity contribution in [3.05, 3.63) is 23.8 Å². The van der Waals surface area contributed by atoms with Crippen LogP contribution in [0.1, 0.15) is 37.6 Å². The van der Waals surface area contributed by atoms with Gasteiger partial charge in [-0.2, -0.15) is 0 Å². The summed E-state index contributed by atoms with van der Waals surface area (Å²) in [5.41, 5.74) is 0.217. The Morgan fingerprint density at radius 2 is 1.81 bits per heavy atom. The Kier molecular flexibility index (Phi) is 9.12. The molecule has 1 aromatic carbocycles. The van der Waals surface area contributed by atoms with Gasteiger partial charge < -0.3 is 24.3 Å². The van der Waals surface area contributed by atoms with Crippen molar-refractivity contribution in [2.24, 2.45) is 5.92 Å². The summed E-state index contributed by atoms with van der Waals surface area (Å²) < 4.78 is 20.3. The number of hydrogen-bond acceptors (Lipinski definition) is 7. The molecule has 0 radical (unpaired) electrons. The van der Waals surface area contributed by atoms with E-state index in [0.717, 1.165) is 0 Å². The summed E-state index contributed by atoms with van der Waals surface area (Å²) in [6.45, 7) is 5.49. The van der Waals surface area contributed by atoms with Crippen molar-refractivity contribution in [3.8, 4) is 11.5 Å². The van der Waals surface area contributed by atoms with Crippen LogP contribution in [0.4, 0.5) is 0 Å². The smallest absolute Gasteiger partial charge is 0.338 e. The fourth-order valence-corrected chi connectivity index (χ4v) is 2.30. The molecule has 150 valence electrons. The van der Waals surface area contributed by atoms with Crippen molar-refractivity contribution in [1.82, 2.24) is 5.32 Å². The van der Waals surface area contributed by atoms with Crippen molar-refractivity contribution >= 4 is 17.8 Å². The third kappa shape index (κ3) is 6.47. The van der Waals surface area contributed by atoms with Crippen LogP contribution in [0.2, 0.25) is 0 Å². The zero-order valence-electron chi connectivity index (χ0n) is 16.4. The number of hydrogen-bond donors (Lipinski definition) is 1. The Hall–Kier alpha value is -2.77. The third-order valence-corrected chi connectivity index (χ3v) is 4.02. The number of benzene rings is 1. The van der Waals surface area contributed by atoms with Crippen LogP contribution in [0.3, 0.4) is 0 Å². The Balaban J connectivity index is 2.70. The molecule has 1 aromatic rings. The first-order chi connectivity index (χ1) is 12.9. The zero-order valence-corrected chi connectivity index (χ0v) is 16.4. The number of carbonyl (C=O) groups excluding carboxylic acids is 3. The molecule has 8 heteroatoms. The molecule has 0 bridgehead atoms. The van der Waals surface area contributed by atoms with E-state index < -0.39 is 30.5 Å². The molecule has 0 saturated heterocycles. The molecule has 2 atom stereocenters. The largest absolute Gasteiger partial charge is 0.493 e. The van der Waals surface area contributed by atoms with Crippen LogP contribution in [0, 0.1) is 5.92 Å². The molecule has 0 fully saturated rings. The quantitative estimate of drug-likeness (QED) is 0.618. The molecule has 1 N–H and O–H groups in total. The average molecular weight is 381 g/mol. The van der Waals surface area contributed by atoms with Gasteiger partial charge in [0.15, 0.2) is 18.1 Å². The third-order valence-electron chi connectivity index (χ3n) is 4.02. The second-order valence-electron chi connectivity index (χ2n) is 5.83. The Morgan fingerprint density at radius 1 is 1.11 bits per heavy atom. The lowest BCUT2D eigenvalue weighted by Gasteiger charge is -2.21. The number of carbonyl (C=O) groups is 3. The van der Waals surface area contributed by atoms with Gasteiger partial charge in [0.1, 0.15) is 6.04 Å². The summed E-state index contributed by atoms with van der Waals surface area (Å²) in [6, 6.07) is 3.79. The first-order valence-corrected chi connectivity index (χ1v) is 8.72.